The highest BCUT2D eigenvalue weighted by molar-refractivity contribution is 5.97. The summed E-state index contributed by atoms with van der Waals surface area (Å²) in [6, 6.07) is 0. The first-order chi connectivity index (χ1) is 8.57. The number of ether oxygens (including phenoxy) is 1. The third-order valence-corrected chi connectivity index (χ3v) is 3.38. The second-order valence-corrected chi connectivity index (χ2v) is 4.84. The van der Waals surface area contributed by atoms with Crippen molar-refractivity contribution in [3.8, 4) is 0 Å². The number of rotatable bonds is 8. The van der Waals surface area contributed by atoms with Gasteiger partial charge in [-0.1, -0.05) is 45.6 Å². The monoisotopic (exact) mass is 254 g/mol. The number of carbonyl (C=O) groups is 2. The van der Waals surface area contributed by atoms with Crippen molar-refractivity contribution in [2.24, 2.45) is 5.92 Å². The van der Waals surface area contributed by atoms with Crippen molar-refractivity contribution in [2.75, 3.05) is 0 Å². The Bertz CT molecular complexity index is 322. The fourth-order valence-electron chi connectivity index (χ4n) is 2.29. The Morgan fingerprint density at radius 2 is 1.89 bits per heavy atom. The summed E-state index contributed by atoms with van der Waals surface area (Å²) in [7, 11) is 0. The zero-order valence-corrected chi connectivity index (χ0v) is 11.0. The summed E-state index contributed by atoms with van der Waals surface area (Å²) >= 11 is 0. The summed E-state index contributed by atoms with van der Waals surface area (Å²) in [5.41, 5.74) is 0.0819. The molecule has 1 N–H and O–H groups in total. The van der Waals surface area contributed by atoms with Gasteiger partial charge in [-0.05, 0) is 12.8 Å². The van der Waals surface area contributed by atoms with E-state index in [1.54, 1.807) is 0 Å². The molecule has 4 heteroatoms. The minimum atomic E-state index is -1.01. The Labute approximate surface area is 108 Å². The SMILES string of the molecule is C=C1C(=O)O[C@@H](CCCCCCCC)C1C(=O)O. The third kappa shape index (κ3) is 3.86. The van der Waals surface area contributed by atoms with Crippen molar-refractivity contribution in [2.45, 2.75) is 58.0 Å². The number of carbonyl (C=O) groups excluding carboxylic acids is 1. The van der Waals surface area contributed by atoms with E-state index in [4.69, 9.17) is 9.84 Å². The molecule has 0 aromatic carbocycles. The molecule has 1 rings (SSSR count). The predicted molar refractivity (Wildman–Crippen MR) is 68.1 cm³/mol. The van der Waals surface area contributed by atoms with Crippen LogP contribution in [0.3, 0.4) is 0 Å². The van der Waals surface area contributed by atoms with Crippen molar-refractivity contribution in [3.05, 3.63) is 12.2 Å². The molecule has 0 radical (unpaired) electrons. The van der Waals surface area contributed by atoms with Crippen LogP contribution in [0.4, 0.5) is 0 Å². The van der Waals surface area contributed by atoms with Gasteiger partial charge in [-0.3, -0.25) is 4.79 Å². The summed E-state index contributed by atoms with van der Waals surface area (Å²) in [4.78, 5) is 22.3. The Morgan fingerprint density at radius 3 is 2.50 bits per heavy atom. The molecule has 1 aliphatic rings. The Balaban J connectivity index is 2.30. The molecule has 0 amide bonds. The summed E-state index contributed by atoms with van der Waals surface area (Å²) in [5.74, 6) is -2.42. The number of carboxylic acids is 1. The molecule has 102 valence electrons. The van der Waals surface area contributed by atoms with Crippen molar-refractivity contribution < 1.29 is 19.4 Å². The largest absolute Gasteiger partial charge is 0.481 e. The van der Waals surface area contributed by atoms with Gasteiger partial charge in [0.05, 0.1) is 0 Å². The van der Waals surface area contributed by atoms with Gasteiger partial charge in [0.1, 0.15) is 12.0 Å². The van der Waals surface area contributed by atoms with Crippen LogP contribution in [0.5, 0.6) is 0 Å². The number of cyclic esters (lactones) is 1. The molecule has 2 atom stereocenters. The van der Waals surface area contributed by atoms with Crippen LogP contribution in [0, 0.1) is 5.92 Å². The molecular weight excluding hydrogens is 232 g/mol. The van der Waals surface area contributed by atoms with E-state index in [9.17, 15) is 9.59 Å². The average Bonchev–Trinajstić information content (AvgIpc) is 2.59. The zero-order valence-electron chi connectivity index (χ0n) is 11.0. The molecule has 1 aliphatic heterocycles. The normalized spacial score (nSPS) is 23.2. The minimum Gasteiger partial charge on any atom is -0.481 e. The van der Waals surface area contributed by atoms with Gasteiger partial charge < -0.3 is 9.84 Å². The summed E-state index contributed by atoms with van der Waals surface area (Å²) < 4.78 is 5.06. The van der Waals surface area contributed by atoms with Crippen LogP contribution in [0.1, 0.15) is 51.9 Å². The molecule has 0 saturated carbocycles. The lowest BCUT2D eigenvalue weighted by Crippen LogP contribution is -2.24. The second kappa shape index (κ2) is 7.19. The van der Waals surface area contributed by atoms with Crippen LogP contribution in [-0.4, -0.2) is 23.1 Å². The van der Waals surface area contributed by atoms with Gasteiger partial charge >= 0.3 is 11.9 Å². The van der Waals surface area contributed by atoms with E-state index < -0.39 is 24.0 Å². The Hall–Kier alpha value is -1.32. The standard InChI is InChI=1S/C14H22O4/c1-3-4-5-6-7-8-9-11-12(13(15)16)10(2)14(17)18-11/h11-12H,2-9H2,1H3,(H,15,16)/t11-,12?/m0/s1. The van der Waals surface area contributed by atoms with E-state index >= 15 is 0 Å². The number of aliphatic carboxylic acids is 1. The van der Waals surface area contributed by atoms with Crippen LogP contribution < -0.4 is 0 Å². The fourth-order valence-corrected chi connectivity index (χ4v) is 2.29. The fraction of sp³-hybridized carbons (Fsp3) is 0.714. The second-order valence-electron chi connectivity index (χ2n) is 4.84. The first-order valence-corrected chi connectivity index (χ1v) is 6.70. The first-order valence-electron chi connectivity index (χ1n) is 6.70. The molecule has 0 spiro atoms. The average molecular weight is 254 g/mol. The number of esters is 1. The number of hydrogen-bond acceptors (Lipinski definition) is 3. The highest BCUT2D eigenvalue weighted by Crippen LogP contribution is 2.30. The van der Waals surface area contributed by atoms with Crippen LogP contribution in [0.2, 0.25) is 0 Å². The molecule has 1 unspecified atom stereocenters. The van der Waals surface area contributed by atoms with E-state index in [-0.39, 0.29) is 5.57 Å². The highest BCUT2D eigenvalue weighted by atomic mass is 16.6. The van der Waals surface area contributed by atoms with Crippen molar-refractivity contribution in [1.29, 1.82) is 0 Å². The van der Waals surface area contributed by atoms with Crippen LogP contribution in [0.15, 0.2) is 12.2 Å². The minimum absolute atomic E-state index is 0.0819. The van der Waals surface area contributed by atoms with Gasteiger partial charge in [-0.25, -0.2) is 4.79 Å². The van der Waals surface area contributed by atoms with Gasteiger partial charge in [-0.2, -0.15) is 0 Å². The molecule has 0 aromatic heterocycles. The maximum Gasteiger partial charge on any atom is 0.334 e. The van der Waals surface area contributed by atoms with Gasteiger partial charge in [0.25, 0.3) is 0 Å². The molecule has 0 aliphatic carbocycles. The molecule has 0 bridgehead atoms. The maximum absolute atomic E-state index is 11.3. The first kappa shape index (κ1) is 14.7. The van der Waals surface area contributed by atoms with Crippen molar-refractivity contribution in [1.82, 2.24) is 0 Å². The molecule has 4 nitrogen and oxygen atoms in total. The van der Waals surface area contributed by atoms with Crippen LogP contribution in [0.25, 0.3) is 0 Å². The summed E-state index contributed by atoms with van der Waals surface area (Å²) in [6.45, 7) is 5.67. The zero-order chi connectivity index (χ0) is 13.5. The van der Waals surface area contributed by atoms with Crippen LogP contribution in [-0.2, 0) is 14.3 Å². The summed E-state index contributed by atoms with van der Waals surface area (Å²) in [6.07, 6.45) is 6.89. The predicted octanol–water partition coefficient (Wildman–Crippen LogP) is 2.92. The summed E-state index contributed by atoms with van der Waals surface area (Å²) in [5, 5.41) is 9.05. The molecule has 0 aromatic rings. The topological polar surface area (TPSA) is 63.6 Å². The van der Waals surface area contributed by atoms with E-state index in [0.717, 1.165) is 19.3 Å². The molecule has 1 fully saturated rings. The molecule has 18 heavy (non-hydrogen) atoms. The van der Waals surface area contributed by atoms with E-state index in [1.807, 2.05) is 0 Å². The van der Waals surface area contributed by atoms with Gasteiger partial charge in [-0.15, -0.1) is 0 Å². The van der Waals surface area contributed by atoms with E-state index in [0.29, 0.717) is 6.42 Å². The Morgan fingerprint density at radius 1 is 1.28 bits per heavy atom. The Kier molecular flexibility index (Phi) is 5.89. The van der Waals surface area contributed by atoms with Crippen LogP contribution >= 0.6 is 0 Å². The van der Waals surface area contributed by atoms with Crippen molar-refractivity contribution in [3.63, 3.8) is 0 Å². The number of unbranched alkanes of at least 4 members (excludes halogenated alkanes) is 5. The molecule has 1 heterocycles. The number of hydrogen-bond donors (Lipinski definition) is 1. The lowest BCUT2D eigenvalue weighted by Gasteiger charge is -2.13. The maximum atomic E-state index is 11.3. The third-order valence-electron chi connectivity index (χ3n) is 3.38. The lowest BCUT2D eigenvalue weighted by atomic mass is 9.93. The molecular formula is C14H22O4. The quantitative estimate of drug-likeness (QED) is 0.411. The van der Waals surface area contributed by atoms with Gasteiger partial charge in [0.2, 0.25) is 0 Å². The number of carboxylic acid groups (broad SMARTS) is 1. The highest BCUT2D eigenvalue weighted by Gasteiger charge is 2.42. The molecule has 1 saturated heterocycles. The van der Waals surface area contributed by atoms with Gasteiger partial charge in [0.15, 0.2) is 0 Å². The lowest BCUT2D eigenvalue weighted by molar-refractivity contribution is -0.144. The smallest absolute Gasteiger partial charge is 0.334 e. The van der Waals surface area contributed by atoms with E-state index in [1.165, 1.54) is 19.3 Å². The van der Waals surface area contributed by atoms with Gasteiger partial charge in [0, 0.05) is 5.57 Å². The van der Waals surface area contributed by atoms with E-state index in [2.05, 4.69) is 13.5 Å². The van der Waals surface area contributed by atoms with Crippen molar-refractivity contribution >= 4 is 11.9 Å².